The van der Waals surface area contributed by atoms with Gasteiger partial charge in [0, 0.05) is 17.3 Å². The average molecular weight is 410 g/mol. The second-order valence-electron chi connectivity index (χ2n) is 6.49. The quantitative estimate of drug-likeness (QED) is 0.572. The first-order valence-electron chi connectivity index (χ1n) is 9.07. The van der Waals surface area contributed by atoms with Gasteiger partial charge in [0.2, 0.25) is 0 Å². The van der Waals surface area contributed by atoms with Crippen LogP contribution in [0.15, 0.2) is 60.0 Å². The molecule has 2 amide bonds. The van der Waals surface area contributed by atoms with Crippen molar-refractivity contribution in [1.82, 2.24) is 0 Å². The van der Waals surface area contributed by atoms with Gasteiger partial charge in [-0.2, -0.15) is 0 Å². The molecule has 150 valence electrons. The number of anilines is 2. The van der Waals surface area contributed by atoms with Crippen molar-refractivity contribution in [2.24, 2.45) is 0 Å². The zero-order valence-corrected chi connectivity index (χ0v) is 17.2. The third-order valence-corrected chi connectivity index (χ3v) is 4.81. The summed E-state index contributed by atoms with van der Waals surface area (Å²) in [5.41, 5.74) is 1.60. The molecule has 29 heavy (non-hydrogen) atoms. The van der Waals surface area contributed by atoms with Crippen LogP contribution in [0.3, 0.4) is 0 Å². The highest BCUT2D eigenvalue weighted by Gasteiger charge is 2.13. The molecule has 0 radical (unpaired) electrons. The molecule has 3 aromatic rings. The molecule has 7 heteroatoms. The van der Waals surface area contributed by atoms with Crippen LogP contribution in [-0.4, -0.2) is 25.0 Å². The van der Waals surface area contributed by atoms with E-state index in [2.05, 4.69) is 10.6 Å². The van der Waals surface area contributed by atoms with Crippen molar-refractivity contribution in [2.45, 2.75) is 20.0 Å². The minimum Gasteiger partial charge on any atom is -0.494 e. The highest BCUT2D eigenvalue weighted by atomic mass is 32.1. The zero-order chi connectivity index (χ0) is 20.8. The van der Waals surface area contributed by atoms with Gasteiger partial charge in [-0.15, -0.1) is 11.3 Å². The summed E-state index contributed by atoms with van der Waals surface area (Å²) >= 11 is 1.36. The van der Waals surface area contributed by atoms with E-state index in [-0.39, 0.29) is 17.9 Å². The minimum atomic E-state index is -0.251. The van der Waals surface area contributed by atoms with Crippen molar-refractivity contribution in [3.63, 3.8) is 0 Å². The average Bonchev–Trinajstić information content (AvgIpc) is 3.24. The number of nitrogens with one attached hydrogen (secondary N) is 2. The van der Waals surface area contributed by atoms with E-state index in [1.165, 1.54) is 18.4 Å². The maximum absolute atomic E-state index is 12.5. The topological polar surface area (TPSA) is 76.7 Å². The van der Waals surface area contributed by atoms with Crippen LogP contribution in [0.1, 0.15) is 33.9 Å². The van der Waals surface area contributed by atoms with E-state index >= 15 is 0 Å². The van der Waals surface area contributed by atoms with Gasteiger partial charge in [-0.3, -0.25) is 9.59 Å². The number of amides is 2. The molecule has 0 saturated heterocycles. The number of hydrogen-bond donors (Lipinski definition) is 2. The fourth-order valence-corrected chi connectivity index (χ4v) is 3.24. The summed E-state index contributed by atoms with van der Waals surface area (Å²) in [6.07, 6.45) is 0.0703. The van der Waals surface area contributed by atoms with Crippen LogP contribution in [-0.2, 0) is 0 Å². The Morgan fingerprint density at radius 2 is 1.72 bits per heavy atom. The standard InChI is InChI=1S/C22H22N2O4S/c1-14(2)28-17-9-6-15(7-10-17)21(25)23-16-8-11-18(19(13-16)27-3)24-22(26)20-5-4-12-29-20/h4-14H,1-3H3,(H,23,25)(H,24,26). The molecule has 0 aliphatic carbocycles. The Hall–Kier alpha value is -3.32. The second kappa shape index (κ2) is 9.25. The van der Waals surface area contributed by atoms with Crippen molar-refractivity contribution in [2.75, 3.05) is 17.7 Å². The van der Waals surface area contributed by atoms with Gasteiger partial charge in [-0.05, 0) is 61.7 Å². The monoisotopic (exact) mass is 410 g/mol. The van der Waals surface area contributed by atoms with Crippen molar-refractivity contribution >= 4 is 34.5 Å². The second-order valence-corrected chi connectivity index (χ2v) is 7.44. The lowest BCUT2D eigenvalue weighted by Crippen LogP contribution is -2.13. The van der Waals surface area contributed by atoms with Crippen LogP contribution >= 0.6 is 11.3 Å². The van der Waals surface area contributed by atoms with Gasteiger partial charge in [0.25, 0.3) is 11.8 Å². The van der Waals surface area contributed by atoms with E-state index in [9.17, 15) is 9.59 Å². The van der Waals surface area contributed by atoms with Gasteiger partial charge < -0.3 is 20.1 Å². The number of carbonyl (C=O) groups excluding carboxylic acids is 2. The predicted molar refractivity (Wildman–Crippen MR) is 115 cm³/mol. The number of thiophene rings is 1. The highest BCUT2D eigenvalue weighted by molar-refractivity contribution is 7.12. The largest absolute Gasteiger partial charge is 0.494 e. The Bertz CT molecular complexity index is 983. The van der Waals surface area contributed by atoms with E-state index in [0.29, 0.717) is 33.3 Å². The van der Waals surface area contributed by atoms with E-state index < -0.39 is 0 Å². The lowest BCUT2D eigenvalue weighted by atomic mass is 10.2. The number of benzene rings is 2. The Kier molecular flexibility index (Phi) is 6.51. The molecule has 2 aromatic carbocycles. The van der Waals surface area contributed by atoms with Gasteiger partial charge in [0.1, 0.15) is 11.5 Å². The molecule has 0 spiro atoms. The summed E-state index contributed by atoms with van der Waals surface area (Å²) in [6.45, 7) is 3.89. The molecular weight excluding hydrogens is 388 g/mol. The minimum absolute atomic E-state index is 0.0703. The number of ether oxygens (including phenoxy) is 2. The van der Waals surface area contributed by atoms with E-state index in [0.717, 1.165) is 0 Å². The Labute approximate surface area is 173 Å². The number of rotatable bonds is 7. The van der Waals surface area contributed by atoms with E-state index in [1.54, 1.807) is 48.5 Å². The van der Waals surface area contributed by atoms with Crippen LogP contribution in [0.4, 0.5) is 11.4 Å². The van der Waals surface area contributed by atoms with Gasteiger partial charge in [0.15, 0.2) is 0 Å². The van der Waals surface area contributed by atoms with Gasteiger partial charge in [-0.1, -0.05) is 6.07 Å². The van der Waals surface area contributed by atoms with Crippen molar-refractivity contribution in [3.05, 3.63) is 70.4 Å². The third kappa shape index (κ3) is 5.36. The van der Waals surface area contributed by atoms with Crippen LogP contribution in [0.2, 0.25) is 0 Å². The molecule has 1 aromatic heterocycles. The maximum atomic E-state index is 12.5. The number of hydrogen-bond acceptors (Lipinski definition) is 5. The Morgan fingerprint density at radius 3 is 2.34 bits per heavy atom. The molecule has 0 bridgehead atoms. The van der Waals surface area contributed by atoms with Gasteiger partial charge in [0.05, 0.1) is 23.8 Å². The summed E-state index contributed by atoms with van der Waals surface area (Å²) in [6, 6.07) is 15.6. The van der Waals surface area contributed by atoms with Crippen LogP contribution in [0, 0.1) is 0 Å². The maximum Gasteiger partial charge on any atom is 0.265 e. The summed E-state index contributed by atoms with van der Waals surface area (Å²) in [5, 5.41) is 7.49. The predicted octanol–water partition coefficient (Wildman–Crippen LogP) is 5.05. The Morgan fingerprint density at radius 1 is 0.966 bits per heavy atom. The molecular formula is C22H22N2O4S. The number of carbonyl (C=O) groups is 2. The van der Waals surface area contributed by atoms with Crippen molar-refractivity contribution in [1.29, 1.82) is 0 Å². The molecule has 1 heterocycles. The molecule has 0 saturated carbocycles. The van der Waals surface area contributed by atoms with Crippen LogP contribution < -0.4 is 20.1 Å². The Balaban J connectivity index is 1.69. The number of methoxy groups -OCH3 is 1. The lowest BCUT2D eigenvalue weighted by Gasteiger charge is -2.13. The normalized spacial score (nSPS) is 10.5. The smallest absolute Gasteiger partial charge is 0.265 e. The molecule has 0 atom stereocenters. The molecule has 0 aliphatic rings. The van der Waals surface area contributed by atoms with Gasteiger partial charge >= 0.3 is 0 Å². The first kappa shape index (κ1) is 20.4. The summed E-state index contributed by atoms with van der Waals surface area (Å²) < 4.78 is 11.0. The first-order valence-corrected chi connectivity index (χ1v) is 9.95. The first-order chi connectivity index (χ1) is 14.0. The summed E-state index contributed by atoms with van der Waals surface area (Å²) in [7, 11) is 1.51. The van der Waals surface area contributed by atoms with E-state index in [4.69, 9.17) is 9.47 Å². The molecule has 0 fully saturated rings. The molecule has 0 unspecified atom stereocenters. The van der Waals surface area contributed by atoms with Crippen molar-refractivity contribution < 1.29 is 19.1 Å². The summed E-state index contributed by atoms with van der Waals surface area (Å²) in [5.74, 6) is 0.703. The van der Waals surface area contributed by atoms with Crippen molar-refractivity contribution in [3.8, 4) is 11.5 Å². The molecule has 0 aliphatic heterocycles. The molecule has 6 nitrogen and oxygen atoms in total. The summed E-state index contributed by atoms with van der Waals surface area (Å²) in [4.78, 5) is 25.4. The molecule has 2 N–H and O–H groups in total. The van der Waals surface area contributed by atoms with Gasteiger partial charge in [-0.25, -0.2) is 0 Å². The lowest BCUT2D eigenvalue weighted by molar-refractivity contribution is 0.101. The highest BCUT2D eigenvalue weighted by Crippen LogP contribution is 2.29. The fraction of sp³-hybridized carbons (Fsp3) is 0.182. The zero-order valence-electron chi connectivity index (χ0n) is 16.4. The fourth-order valence-electron chi connectivity index (χ4n) is 2.62. The van der Waals surface area contributed by atoms with Crippen LogP contribution in [0.5, 0.6) is 11.5 Å². The third-order valence-electron chi connectivity index (χ3n) is 3.94. The van der Waals surface area contributed by atoms with E-state index in [1.807, 2.05) is 25.3 Å². The molecule has 3 rings (SSSR count). The SMILES string of the molecule is COc1cc(NC(=O)c2ccc(OC(C)C)cc2)ccc1NC(=O)c1cccs1. The van der Waals surface area contributed by atoms with Crippen LogP contribution in [0.25, 0.3) is 0 Å².